The summed E-state index contributed by atoms with van der Waals surface area (Å²) in [5.74, 6) is -0.0395. The lowest BCUT2D eigenvalue weighted by Gasteiger charge is -2.24. The Bertz CT molecular complexity index is 242. The summed E-state index contributed by atoms with van der Waals surface area (Å²) >= 11 is 0. The molecule has 1 rings (SSSR count). The molecule has 0 saturated heterocycles. The van der Waals surface area contributed by atoms with Crippen LogP contribution < -0.4 is 5.32 Å². The third kappa shape index (κ3) is 2.94. The predicted octanol–water partition coefficient (Wildman–Crippen LogP) is 2.12. The normalized spacial score (nSPS) is 19.3. The van der Waals surface area contributed by atoms with Crippen LogP contribution in [0.2, 0.25) is 0 Å². The maximum absolute atomic E-state index is 10.9. The molecule has 0 heterocycles. The van der Waals surface area contributed by atoms with E-state index < -0.39 is 11.4 Å². The van der Waals surface area contributed by atoms with Crippen LogP contribution in [-0.2, 0) is 4.79 Å². The molecule has 0 atom stereocenters. The summed E-state index contributed by atoms with van der Waals surface area (Å²) < 4.78 is 0. The highest BCUT2D eigenvalue weighted by Crippen LogP contribution is 2.51. The standard InChI is InChI=1S/C12H23NO2/c1-9(2)12(5-6-12)8-13-7-11(3,4)10(14)15/h9,13H,5-8H2,1-4H3,(H,14,15). The smallest absolute Gasteiger partial charge is 0.310 e. The molecule has 0 aromatic rings. The topological polar surface area (TPSA) is 49.3 Å². The zero-order chi connectivity index (χ0) is 11.7. The molecule has 15 heavy (non-hydrogen) atoms. The van der Waals surface area contributed by atoms with Crippen LogP contribution in [-0.4, -0.2) is 24.2 Å². The second kappa shape index (κ2) is 4.12. The summed E-state index contributed by atoms with van der Waals surface area (Å²) in [5.41, 5.74) is -0.207. The van der Waals surface area contributed by atoms with Crippen molar-refractivity contribution in [3.63, 3.8) is 0 Å². The van der Waals surface area contributed by atoms with Gasteiger partial charge in [-0.25, -0.2) is 0 Å². The fourth-order valence-electron chi connectivity index (χ4n) is 1.82. The fourth-order valence-corrected chi connectivity index (χ4v) is 1.82. The average Bonchev–Trinajstić information content (AvgIpc) is 2.84. The van der Waals surface area contributed by atoms with Crippen molar-refractivity contribution in [3.8, 4) is 0 Å². The zero-order valence-corrected chi connectivity index (χ0v) is 10.3. The maximum Gasteiger partial charge on any atom is 0.310 e. The third-order valence-electron chi connectivity index (χ3n) is 3.74. The Morgan fingerprint density at radius 2 is 2.00 bits per heavy atom. The van der Waals surface area contributed by atoms with E-state index in [9.17, 15) is 4.79 Å². The molecule has 0 unspecified atom stereocenters. The van der Waals surface area contributed by atoms with Crippen LogP contribution in [0.5, 0.6) is 0 Å². The average molecular weight is 213 g/mol. The molecule has 0 spiro atoms. The highest BCUT2D eigenvalue weighted by Gasteiger charge is 2.45. The molecule has 1 fully saturated rings. The molecular weight excluding hydrogens is 190 g/mol. The van der Waals surface area contributed by atoms with Crippen LogP contribution in [0.1, 0.15) is 40.5 Å². The van der Waals surface area contributed by atoms with Crippen LogP contribution in [0.15, 0.2) is 0 Å². The van der Waals surface area contributed by atoms with Crippen molar-refractivity contribution in [2.75, 3.05) is 13.1 Å². The van der Waals surface area contributed by atoms with Gasteiger partial charge in [-0.3, -0.25) is 4.79 Å². The molecule has 0 aliphatic heterocycles. The highest BCUT2D eigenvalue weighted by atomic mass is 16.4. The second-order valence-corrected chi connectivity index (χ2v) is 5.81. The number of rotatable bonds is 6. The first-order valence-corrected chi connectivity index (χ1v) is 5.74. The Balaban J connectivity index is 2.31. The Hall–Kier alpha value is -0.570. The van der Waals surface area contributed by atoms with Crippen molar-refractivity contribution in [1.29, 1.82) is 0 Å². The van der Waals surface area contributed by atoms with E-state index in [1.165, 1.54) is 12.8 Å². The Morgan fingerprint density at radius 1 is 1.47 bits per heavy atom. The molecular formula is C12H23NO2. The van der Waals surface area contributed by atoms with Gasteiger partial charge in [-0.15, -0.1) is 0 Å². The number of carboxylic acid groups (broad SMARTS) is 1. The lowest BCUT2D eigenvalue weighted by molar-refractivity contribution is -0.146. The van der Waals surface area contributed by atoms with Crippen molar-refractivity contribution >= 4 is 5.97 Å². The molecule has 1 aliphatic carbocycles. The fraction of sp³-hybridized carbons (Fsp3) is 0.917. The number of hydrogen-bond acceptors (Lipinski definition) is 2. The molecule has 0 aromatic carbocycles. The van der Waals surface area contributed by atoms with E-state index in [1.54, 1.807) is 13.8 Å². The minimum absolute atomic E-state index is 0.453. The molecule has 1 saturated carbocycles. The summed E-state index contributed by atoms with van der Waals surface area (Å²) in [6.07, 6.45) is 2.57. The largest absolute Gasteiger partial charge is 0.481 e. The van der Waals surface area contributed by atoms with E-state index in [0.29, 0.717) is 17.9 Å². The van der Waals surface area contributed by atoms with Gasteiger partial charge in [0, 0.05) is 13.1 Å². The summed E-state index contributed by atoms with van der Waals surface area (Å²) in [4.78, 5) is 10.9. The summed E-state index contributed by atoms with van der Waals surface area (Å²) in [5, 5.41) is 12.3. The van der Waals surface area contributed by atoms with Gasteiger partial charge < -0.3 is 10.4 Å². The SMILES string of the molecule is CC(C)C1(CNCC(C)(C)C(=O)O)CC1. The van der Waals surface area contributed by atoms with Gasteiger partial charge in [0.25, 0.3) is 0 Å². The Labute approximate surface area is 92.3 Å². The van der Waals surface area contributed by atoms with Gasteiger partial charge in [-0.2, -0.15) is 0 Å². The Kier molecular flexibility index (Phi) is 3.44. The molecule has 0 aromatic heterocycles. The number of nitrogens with one attached hydrogen (secondary N) is 1. The van der Waals surface area contributed by atoms with Gasteiger partial charge in [0.05, 0.1) is 5.41 Å². The number of hydrogen-bond donors (Lipinski definition) is 2. The molecule has 3 heteroatoms. The summed E-state index contributed by atoms with van der Waals surface area (Å²) in [6.45, 7) is 9.53. The van der Waals surface area contributed by atoms with Gasteiger partial charge in [-0.05, 0) is 38.0 Å². The van der Waals surface area contributed by atoms with Crippen molar-refractivity contribution in [2.24, 2.45) is 16.7 Å². The van der Waals surface area contributed by atoms with Crippen LogP contribution >= 0.6 is 0 Å². The lowest BCUT2D eigenvalue weighted by atomic mass is 9.90. The first-order chi connectivity index (χ1) is 6.80. The van der Waals surface area contributed by atoms with Gasteiger partial charge in [0.2, 0.25) is 0 Å². The molecule has 0 amide bonds. The van der Waals surface area contributed by atoms with E-state index in [2.05, 4.69) is 19.2 Å². The van der Waals surface area contributed by atoms with Crippen molar-refractivity contribution in [1.82, 2.24) is 5.32 Å². The number of carbonyl (C=O) groups is 1. The third-order valence-corrected chi connectivity index (χ3v) is 3.74. The van der Waals surface area contributed by atoms with Gasteiger partial charge in [-0.1, -0.05) is 13.8 Å². The van der Waals surface area contributed by atoms with Gasteiger partial charge >= 0.3 is 5.97 Å². The van der Waals surface area contributed by atoms with Crippen molar-refractivity contribution in [3.05, 3.63) is 0 Å². The summed E-state index contributed by atoms with van der Waals surface area (Å²) in [7, 11) is 0. The zero-order valence-electron chi connectivity index (χ0n) is 10.3. The van der Waals surface area contributed by atoms with Crippen molar-refractivity contribution < 1.29 is 9.90 Å². The number of carboxylic acids is 1. The number of aliphatic carboxylic acids is 1. The van der Waals surface area contributed by atoms with E-state index in [4.69, 9.17) is 5.11 Å². The Morgan fingerprint density at radius 3 is 2.33 bits per heavy atom. The monoisotopic (exact) mass is 213 g/mol. The second-order valence-electron chi connectivity index (χ2n) is 5.81. The quantitative estimate of drug-likeness (QED) is 0.710. The molecule has 0 radical (unpaired) electrons. The van der Waals surface area contributed by atoms with E-state index in [0.717, 1.165) is 6.54 Å². The molecule has 3 nitrogen and oxygen atoms in total. The minimum atomic E-state index is -0.732. The van der Waals surface area contributed by atoms with Crippen LogP contribution in [0.3, 0.4) is 0 Å². The van der Waals surface area contributed by atoms with Gasteiger partial charge in [0.15, 0.2) is 0 Å². The molecule has 2 N–H and O–H groups in total. The van der Waals surface area contributed by atoms with Crippen LogP contribution in [0.4, 0.5) is 0 Å². The van der Waals surface area contributed by atoms with E-state index >= 15 is 0 Å². The van der Waals surface area contributed by atoms with Gasteiger partial charge in [0.1, 0.15) is 0 Å². The first-order valence-electron chi connectivity index (χ1n) is 5.74. The highest BCUT2D eigenvalue weighted by molar-refractivity contribution is 5.73. The predicted molar refractivity (Wildman–Crippen MR) is 60.8 cm³/mol. The van der Waals surface area contributed by atoms with Crippen molar-refractivity contribution in [2.45, 2.75) is 40.5 Å². The van der Waals surface area contributed by atoms with E-state index in [1.807, 2.05) is 0 Å². The molecule has 88 valence electrons. The lowest BCUT2D eigenvalue weighted by Crippen LogP contribution is -2.39. The van der Waals surface area contributed by atoms with Crippen LogP contribution in [0.25, 0.3) is 0 Å². The van der Waals surface area contributed by atoms with Crippen LogP contribution in [0, 0.1) is 16.7 Å². The molecule has 1 aliphatic rings. The minimum Gasteiger partial charge on any atom is -0.481 e. The summed E-state index contributed by atoms with van der Waals surface area (Å²) in [6, 6.07) is 0. The molecule has 0 bridgehead atoms. The first kappa shape index (κ1) is 12.5. The van der Waals surface area contributed by atoms with E-state index in [-0.39, 0.29) is 0 Å². The maximum atomic E-state index is 10.9.